The van der Waals surface area contributed by atoms with Crippen LogP contribution in [0.15, 0.2) is 24.4 Å². The molecule has 0 saturated carbocycles. The van der Waals surface area contributed by atoms with Crippen molar-refractivity contribution in [2.24, 2.45) is 0 Å². The summed E-state index contributed by atoms with van der Waals surface area (Å²) >= 11 is 0. The van der Waals surface area contributed by atoms with Crippen molar-refractivity contribution in [2.75, 3.05) is 11.9 Å². The first-order chi connectivity index (χ1) is 10.5. The molecule has 118 valence electrons. The van der Waals surface area contributed by atoms with Gasteiger partial charge in [-0.25, -0.2) is 4.79 Å². The number of hydrogen-bond acceptors (Lipinski definition) is 5. The van der Waals surface area contributed by atoms with E-state index in [-0.39, 0.29) is 11.4 Å². The van der Waals surface area contributed by atoms with Crippen LogP contribution >= 0.6 is 0 Å². The Kier molecular flexibility index (Phi) is 4.88. The molecule has 1 aromatic carbocycles. The van der Waals surface area contributed by atoms with Gasteiger partial charge in [-0.2, -0.15) is 5.10 Å². The number of phenolic OH excluding ortho intramolecular Hbond substituents is 1. The summed E-state index contributed by atoms with van der Waals surface area (Å²) in [5, 5.41) is 25.9. The maximum absolute atomic E-state index is 11.2. The molecule has 1 heterocycles. The van der Waals surface area contributed by atoms with Crippen LogP contribution in [0.25, 0.3) is 0 Å². The Morgan fingerprint density at radius 1 is 1.41 bits per heavy atom. The van der Waals surface area contributed by atoms with Gasteiger partial charge in [0.05, 0.1) is 12.3 Å². The molecule has 0 spiro atoms. The Morgan fingerprint density at radius 2 is 2.18 bits per heavy atom. The number of nitrogens with zero attached hydrogens (tertiary/aromatic N) is 2. The van der Waals surface area contributed by atoms with Gasteiger partial charge in [-0.3, -0.25) is 4.68 Å². The van der Waals surface area contributed by atoms with Crippen LogP contribution in [0, 0.1) is 0 Å². The zero-order valence-electron chi connectivity index (χ0n) is 12.5. The first-order valence-corrected chi connectivity index (χ1v) is 7.04. The van der Waals surface area contributed by atoms with Crippen molar-refractivity contribution in [1.82, 2.24) is 9.78 Å². The predicted molar refractivity (Wildman–Crippen MR) is 81.5 cm³/mol. The minimum Gasteiger partial charge on any atom is -0.504 e. The van der Waals surface area contributed by atoms with Crippen molar-refractivity contribution in [3.63, 3.8) is 0 Å². The molecule has 0 aliphatic carbocycles. The third kappa shape index (κ3) is 3.49. The average Bonchev–Trinajstić information content (AvgIpc) is 2.92. The first kappa shape index (κ1) is 15.7. The second-order valence-corrected chi connectivity index (χ2v) is 4.64. The molecule has 1 aromatic heterocycles. The molecule has 0 amide bonds. The number of aromatic nitrogens is 2. The van der Waals surface area contributed by atoms with Gasteiger partial charge in [0, 0.05) is 19.3 Å². The molecule has 7 heteroatoms. The highest BCUT2D eigenvalue weighted by Gasteiger charge is 2.15. The normalized spacial score (nSPS) is 10.5. The van der Waals surface area contributed by atoms with Gasteiger partial charge in [-0.15, -0.1) is 0 Å². The van der Waals surface area contributed by atoms with Gasteiger partial charge < -0.3 is 20.3 Å². The van der Waals surface area contributed by atoms with Crippen LogP contribution < -0.4 is 10.1 Å². The Labute approximate surface area is 128 Å². The number of carboxylic acids is 1. The van der Waals surface area contributed by atoms with Gasteiger partial charge in [-0.05, 0) is 31.5 Å². The number of anilines is 1. The molecule has 0 radical (unpaired) electrons. The summed E-state index contributed by atoms with van der Waals surface area (Å²) in [6.45, 7) is 5.17. The summed E-state index contributed by atoms with van der Waals surface area (Å²) in [5.74, 6) is -0.587. The summed E-state index contributed by atoms with van der Waals surface area (Å²) in [7, 11) is 0. The molecule has 0 bridgehead atoms. The summed E-state index contributed by atoms with van der Waals surface area (Å²) in [4.78, 5) is 11.2. The highest BCUT2D eigenvalue weighted by Crippen LogP contribution is 2.27. The molecular formula is C15H19N3O4. The van der Waals surface area contributed by atoms with Gasteiger partial charge in [0.25, 0.3) is 0 Å². The van der Waals surface area contributed by atoms with E-state index in [1.807, 2.05) is 13.8 Å². The fourth-order valence-corrected chi connectivity index (χ4v) is 2.01. The van der Waals surface area contributed by atoms with E-state index in [0.717, 1.165) is 5.56 Å². The zero-order valence-corrected chi connectivity index (χ0v) is 12.5. The molecule has 0 fully saturated rings. The van der Waals surface area contributed by atoms with Crippen LogP contribution in [0.5, 0.6) is 11.5 Å². The second kappa shape index (κ2) is 6.84. The quantitative estimate of drug-likeness (QED) is 0.726. The number of benzene rings is 1. The largest absolute Gasteiger partial charge is 0.504 e. The molecule has 7 nitrogen and oxygen atoms in total. The number of carboxylic acid groups (broad SMARTS) is 1. The Morgan fingerprint density at radius 3 is 2.82 bits per heavy atom. The lowest BCUT2D eigenvalue weighted by molar-refractivity contribution is 0.0690. The van der Waals surface area contributed by atoms with E-state index in [2.05, 4.69) is 10.4 Å². The number of carbonyl (C=O) groups is 1. The molecule has 0 aliphatic rings. The average molecular weight is 305 g/mol. The van der Waals surface area contributed by atoms with Gasteiger partial charge >= 0.3 is 5.97 Å². The Balaban J connectivity index is 2.14. The number of hydrogen-bond donors (Lipinski definition) is 3. The second-order valence-electron chi connectivity index (χ2n) is 4.64. The molecule has 0 aliphatic heterocycles. The topological polar surface area (TPSA) is 96.6 Å². The van der Waals surface area contributed by atoms with Gasteiger partial charge in [0.15, 0.2) is 17.2 Å². The third-order valence-corrected chi connectivity index (χ3v) is 3.10. The number of aromatic carboxylic acids is 1. The summed E-state index contributed by atoms with van der Waals surface area (Å²) < 4.78 is 6.89. The van der Waals surface area contributed by atoms with E-state index in [9.17, 15) is 9.90 Å². The number of ether oxygens (including phenoxy) is 1. The molecule has 0 saturated heterocycles. The van der Waals surface area contributed by atoms with E-state index < -0.39 is 5.97 Å². The standard InChI is InChI=1S/C15H19N3O4/c1-3-18-9-11(14(17-18)15(20)21)16-8-10-5-6-12(19)13(7-10)22-4-2/h5-7,9,16,19H,3-4,8H2,1-2H3,(H,20,21). The maximum Gasteiger partial charge on any atom is 0.358 e. The SMILES string of the molecule is CCOc1cc(CNc2cn(CC)nc2C(=O)O)ccc1O. The van der Waals surface area contributed by atoms with Crippen molar-refractivity contribution in [3.8, 4) is 11.5 Å². The van der Waals surface area contributed by atoms with Crippen molar-refractivity contribution in [3.05, 3.63) is 35.7 Å². The van der Waals surface area contributed by atoms with Crippen LogP contribution in [-0.2, 0) is 13.1 Å². The number of aryl methyl sites for hydroxylation is 1. The van der Waals surface area contributed by atoms with Crippen LogP contribution in [0.1, 0.15) is 29.9 Å². The van der Waals surface area contributed by atoms with E-state index >= 15 is 0 Å². The summed E-state index contributed by atoms with van der Waals surface area (Å²) in [6, 6.07) is 5.02. The molecule has 0 unspecified atom stereocenters. The van der Waals surface area contributed by atoms with E-state index in [1.54, 1.807) is 29.1 Å². The number of phenols is 1. The Hall–Kier alpha value is -2.70. The van der Waals surface area contributed by atoms with Crippen LogP contribution in [0.3, 0.4) is 0 Å². The van der Waals surface area contributed by atoms with Crippen molar-refractivity contribution >= 4 is 11.7 Å². The fourth-order valence-electron chi connectivity index (χ4n) is 2.01. The predicted octanol–water partition coefficient (Wildman–Crippen LogP) is 2.32. The lowest BCUT2D eigenvalue weighted by atomic mass is 10.2. The Bertz CT molecular complexity index is 667. The van der Waals surface area contributed by atoms with E-state index in [1.165, 1.54) is 0 Å². The molecule has 2 rings (SSSR count). The van der Waals surface area contributed by atoms with Crippen molar-refractivity contribution in [2.45, 2.75) is 26.9 Å². The summed E-state index contributed by atoms with van der Waals surface area (Å²) in [6.07, 6.45) is 1.66. The third-order valence-electron chi connectivity index (χ3n) is 3.10. The van der Waals surface area contributed by atoms with Crippen LogP contribution in [0.2, 0.25) is 0 Å². The highest BCUT2D eigenvalue weighted by atomic mass is 16.5. The van der Waals surface area contributed by atoms with Crippen molar-refractivity contribution < 1.29 is 19.7 Å². The molecular weight excluding hydrogens is 286 g/mol. The van der Waals surface area contributed by atoms with E-state index in [0.29, 0.717) is 31.1 Å². The number of nitrogens with one attached hydrogen (secondary N) is 1. The first-order valence-electron chi connectivity index (χ1n) is 7.04. The minimum absolute atomic E-state index is 0.00865. The number of aromatic hydroxyl groups is 1. The van der Waals surface area contributed by atoms with Gasteiger partial charge in [0.2, 0.25) is 0 Å². The molecule has 22 heavy (non-hydrogen) atoms. The molecule has 2 aromatic rings. The summed E-state index contributed by atoms with van der Waals surface area (Å²) in [5.41, 5.74) is 1.31. The monoisotopic (exact) mass is 305 g/mol. The lowest BCUT2D eigenvalue weighted by Gasteiger charge is -2.09. The minimum atomic E-state index is -1.07. The molecule has 0 atom stereocenters. The molecule has 3 N–H and O–H groups in total. The van der Waals surface area contributed by atoms with E-state index in [4.69, 9.17) is 9.84 Å². The lowest BCUT2D eigenvalue weighted by Crippen LogP contribution is -2.06. The van der Waals surface area contributed by atoms with Crippen LogP contribution in [-0.4, -0.2) is 32.6 Å². The van der Waals surface area contributed by atoms with Gasteiger partial charge in [-0.1, -0.05) is 6.07 Å². The highest BCUT2D eigenvalue weighted by molar-refractivity contribution is 5.91. The maximum atomic E-state index is 11.2. The smallest absolute Gasteiger partial charge is 0.358 e. The zero-order chi connectivity index (χ0) is 16.1. The number of rotatable bonds is 7. The van der Waals surface area contributed by atoms with Crippen molar-refractivity contribution in [1.29, 1.82) is 0 Å². The fraction of sp³-hybridized carbons (Fsp3) is 0.333. The van der Waals surface area contributed by atoms with Crippen LogP contribution in [0.4, 0.5) is 5.69 Å². The van der Waals surface area contributed by atoms with Gasteiger partial charge in [0.1, 0.15) is 0 Å².